The van der Waals surface area contributed by atoms with Gasteiger partial charge in [-0.1, -0.05) is 6.92 Å². The SMILES string of the molecule is CCC(C)n1ccc(CNCC2(SC)CC2)n1. The summed E-state index contributed by atoms with van der Waals surface area (Å²) in [7, 11) is 0. The van der Waals surface area contributed by atoms with Crippen molar-refractivity contribution in [1.29, 1.82) is 0 Å². The van der Waals surface area contributed by atoms with Crippen molar-refractivity contribution >= 4 is 11.8 Å². The molecule has 0 aliphatic heterocycles. The van der Waals surface area contributed by atoms with E-state index in [-0.39, 0.29) is 0 Å². The normalized spacial score (nSPS) is 19.2. The largest absolute Gasteiger partial charge is 0.310 e. The van der Waals surface area contributed by atoms with E-state index in [1.165, 1.54) is 12.8 Å². The molecule has 1 aromatic rings. The number of hydrogen-bond acceptors (Lipinski definition) is 3. The van der Waals surface area contributed by atoms with Crippen molar-refractivity contribution in [3.8, 4) is 0 Å². The van der Waals surface area contributed by atoms with Crippen LogP contribution in [0.2, 0.25) is 0 Å². The lowest BCUT2D eigenvalue weighted by molar-refractivity contribution is 0.471. The van der Waals surface area contributed by atoms with Gasteiger partial charge in [-0.2, -0.15) is 16.9 Å². The van der Waals surface area contributed by atoms with Gasteiger partial charge in [0.2, 0.25) is 0 Å². The van der Waals surface area contributed by atoms with Gasteiger partial charge in [-0.15, -0.1) is 0 Å². The molecule has 1 fully saturated rings. The number of rotatable bonds is 7. The van der Waals surface area contributed by atoms with Gasteiger partial charge in [-0.25, -0.2) is 0 Å². The van der Waals surface area contributed by atoms with Gasteiger partial charge in [0.1, 0.15) is 0 Å². The van der Waals surface area contributed by atoms with Crippen molar-refractivity contribution < 1.29 is 0 Å². The third kappa shape index (κ3) is 3.26. The van der Waals surface area contributed by atoms with E-state index < -0.39 is 0 Å². The molecule has 0 aromatic carbocycles. The van der Waals surface area contributed by atoms with Crippen LogP contribution < -0.4 is 5.32 Å². The zero-order chi connectivity index (χ0) is 12.3. The fraction of sp³-hybridized carbons (Fsp3) is 0.769. The Morgan fingerprint density at radius 3 is 2.94 bits per heavy atom. The Morgan fingerprint density at radius 1 is 1.59 bits per heavy atom. The standard InChI is InChI=1S/C13H23N3S/c1-4-11(2)16-8-5-12(15-16)9-14-10-13(17-3)6-7-13/h5,8,11,14H,4,6-7,9-10H2,1-3H3. The molecule has 1 aromatic heterocycles. The Labute approximate surface area is 108 Å². The van der Waals surface area contributed by atoms with Gasteiger partial charge in [0.15, 0.2) is 0 Å². The minimum Gasteiger partial charge on any atom is -0.310 e. The molecule has 3 nitrogen and oxygen atoms in total. The maximum absolute atomic E-state index is 4.59. The molecule has 1 saturated carbocycles. The molecule has 1 unspecified atom stereocenters. The van der Waals surface area contributed by atoms with Gasteiger partial charge in [0, 0.05) is 30.1 Å². The smallest absolute Gasteiger partial charge is 0.0762 e. The van der Waals surface area contributed by atoms with Crippen molar-refractivity contribution in [2.45, 2.75) is 50.4 Å². The summed E-state index contributed by atoms with van der Waals surface area (Å²) in [6, 6.07) is 2.63. The molecule has 1 aliphatic rings. The molecule has 0 saturated heterocycles. The molecule has 1 N–H and O–H groups in total. The second-order valence-electron chi connectivity index (χ2n) is 5.04. The van der Waals surface area contributed by atoms with Gasteiger partial charge >= 0.3 is 0 Å². The molecular weight excluding hydrogens is 230 g/mol. The van der Waals surface area contributed by atoms with E-state index in [1.807, 2.05) is 11.8 Å². The van der Waals surface area contributed by atoms with Gasteiger partial charge in [0.05, 0.1) is 5.69 Å². The Hall–Kier alpha value is -0.480. The summed E-state index contributed by atoms with van der Waals surface area (Å²) in [4.78, 5) is 0. The van der Waals surface area contributed by atoms with E-state index in [9.17, 15) is 0 Å². The van der Waals surface area contributed by atoms with Gasteiger partial charge < -0.3 is 5.32 Å². The second-order valence-corrected chi connectivity index (χ2v) is 6.31. The van der Waals surface area contributed by atoms with E-state index in [1.54, 1.807) is 0 Å². The zero-order valence-electron chi connectivity index (χ0n) is 11.1. The maximum atomic E-state index is 4.59. The highest BCUT2D eigenvalue weighted by Crippen LogP contribution is 2.46. The van der Waals surface area contributed by atoms with Crippen molar-refractivity contribution in [3.05, 3.63) is 18.0 Å². The van der Waals surface area contributed by atoms with Crippen LogP contribution in [0.25, 0.3) is 0 Å². The fourth-order valence-corrected chi connectivity index (χ4v) is 2.67. The number of nitrogens with one attached hydrogen (secondary N) is 1. The monoisotopic (exact) mass is 253 g/mol. The van der Waals surface area contributed by atoms with Crippen LogP contribution in [0, 0.1) is 0 Å². The molecule has 1 heterocycles. The van der Waals surface area contributed by atoms with Crippen LogP contribution in [0.5, 0.6) is 0 Å². The van der Waals surface area contributed by atoms with Crippen molar-refractivity contribution in [2.75, 3.05) is 12.8 Å². The molecule has 1 aliphatic carbocycles. The summed E-state index contributed by atoms with van der Waals surface area (Å²) < 4.78 is 2.61. The van der Waals surface area contributed by atoms with Crippen molar-refractivity contribution in [1.82, 2.24) is 15.1 Å². The summed E-state index contributed by atoms with van der Waals surface area (Å²) in [5, 5.41) is 8.12. The summed E-state index contributed by atoms with van der Waals surface area (Å²) in [5.74, 6) is 0. The minimum absolute atomic E-state index is 0.504. The van der Waals surface area contributed by atoms with E-state index in [0.29, 0.717) is 10.8 Å². The average molecular weight is 253 g/mol. The highest BCUT2D eigenvalue weighted by Gasteiger charge is 2.41. The predicted octanol–water partition coefficient (Wildman–Crippen LogP) is 2.84. The topological polar surface area (TPSA) is 29.9 Å². The number of nitrogens with zero attached hydrogens (tertiary/aromatic N) is 2. The lowest BCUT2D eigenvalue weighted by atomic mass is 10.3. The quantitative estimate of drug-likeness (QED) is 0.810. The van der Waals surface area contributed by atoms with Crippen LogP contribution in [0.15, 0.2) is 12.3 Å². The fourth-order valence-electron chi connectivity index (χ4n) is 1.92. The summed E-state index contributed by atoms with van der Waals surface area (Å²) in [5.41, 5.74) is 1.15. The van der Waals surface area contributed by atoms with Crippen LogP contribution in [-0.4, -0.2) is 27.3 Å². The van der Waals surface area contributed by atoms with Crippen LogP contribution in [0.3, 0.4) is 0 Å². The van der Waals surface area contributed by atoms with E-state index >= 15 is 0 Å². The Balaban J connectivity index is 1.77. The van der Waals surface area contributed by atoms with Crippen LogP contribution in [0.1, 0.15) is 44.8 Å². The molecule has 1 atom stereocenters. The molecule has 2 rings (SSSR count). The first-order valence-corrected chi connectivity index (χ1v) is 7.71. The van der Waals surface area contributed by atoms with Crippen LogP contribution >= 0.6 is 11.8 Å². The lowest BCUT2D eigenvalue weighted by Gasteiger charge is -2.12. The van der Waals surface area contributed by atoms with E-state index in [4.69, 9.17) is 0 Å². The molecule has 17 heavy (non-hydrogen) atoms. The molecule has 0 radical (unpaired) electrons. The minimum atomic E-state index is 0.504. The number of hydrogen-bond donors (Lipinski definition) is 1. The third-order valence-electron chi connectivity index (χ3n) is 3.70. The average Bonchev–Trinajstić information content (AvgIpc) is 2.98. The summed E-state index contributed by atoms with van der Waals surface area (Å²) in [6.07, 6.45) is 8.16. The zero-order valence-corrected chi connectivity index (χ0v) is 11.9. The number of aromatic nitrogens is 2. The third-order valence-corrected chi connectivity index (χ3v) is 5.12. The van der Waals surface area contributed by atoms with Gasteiger partial charge in [-0.3, -0.25) is 4.68 Å². The molecule has 0 bridgehead atoms. The van der Waals surface area contributed by atoms with Crippen molar-refractivity contribution in [3.63, 3.8) is 0 Å². The molecule has 96 valence electrons. The predicted molar refractivity (Wildman–Crippen MR) is 74.4 cm³/mol. The summed E-state index contributed by atoms with van der Waals surface area (Å²) >= 11 is 2.00. The Bertz CT molecular complexity index is 357. The maximum Gasteiger partial charge on any atom is 0.0762 e. The molecule has 0 amide bonds. The summed E-state index contributed by atoms with van der Waals surface area (Å²) in [6.45, 7) is 6.41. The first-order valence-electron chi connectivity index (χ1n) is 6.49. The van der Waals surface area contributed by atoms with Crippen molar-refractivity contribution in [2.24, 2.45) is 0 Å². The first kappa shape index (κ1) is 13.0. The highest BCUT2D eigenvalue weighted by atomic mass is 32.2. The lowest BCUT2D eigenvalue weighted by Crippen LogP contribution is -2.25. The Morgan fingerprint density at radius 2 is 2.35 bits per heavy atom. The molecular formula is C13H23N3S. The second kappa shape index (κ2) is 5.44. The highest BCUT2D eigenvalue weighted by molar-refractivity contribution is 8.00. The Kier molecular flexibility index (Phi) is 4.15. The van der Waals surface area contributed by atoms with Crippen LogP contribution in [-0.2, 0) is 6.54 Å². The molecule has 0 spiro atoms. The van der Waals surface area contributed by atoms with Crippen LogP contribution in [0.4, 0.5) is 0 Å². The van der Waals surface area contributed by atoms with Gasteiger partial charge in [0.25, 0.3) is 0 Å². The molecule has 4 heteroatoms. The first-order chi connectivity index (χ1) is 8.19. The van der Waals surface area contributed by atoms with E-state index in [2.05, 4.69) is 47.5 Å². The number of thioether (sulfide) groups is 1. The van der Waals surface area contributed by atoms with Gasteiger partial charge in [-0.05, 0) is 38.5 Å². The van der Waals surface area contributed by atoms with E-state index in [0.717, 1.165) is 25.2 Å².